The molecule has 0 bridgehead atoms. The molecule has 1 aromatic rings. The number of hydrogen-bond donors (Lipinski definition) is 2. The molecule has 0 saturated carbocycles. The fraction of sp³-hybridized carbons (Fsp3) is 0.300. The minimum absolute atomic E-state index is 0. The SMILES string of the molecule is CC.CC(=O)c1ccc(NO)cc1.[HH]. The van der Waals surface area contributed by atoms with Gasteiger partial charge in [-0.2, -0.15) is 0 Å². The van der Waals surface area contributed by atoms with Crippen LogP contribution in [0.4, 0.5) is 5.69 Å². The van der Waals surface area contributed by atoms with Gasteiger partial charge in [-0.15, -0.1) is 0 Å². The molecule has 2 N–H and O–H groups in total. The van der Waals surface area contributed by atoms with Gasteiger partial charge in [-0.1, -0.05) is 13.8 Å². The van der Waals surface area contributed by atoms with Crippen molar-refractivity contribution >= 4 is 11.5 Å². The predicted octanol–water partition coefficient (Wildman–Crippen LogP) is 2.96. The lowest BCUT2D eigenvalue weighted by molar-refractivity contribution is 0.101. The Bertz CT molecular complexity index is 259. The van der Waals surface area contributed by atoms with Crippen LogP contribution in [-0.2, 0) is 0 Å². The third kappa shape index (κ3) is 3.71. The lowest BCUT2D eigenvalue weighted by Crippen LogP contribution is -1.93. The van der Waals surface area contributed by atoms with E-state index in [2.05, 4.69) is 0 Å². The maximum atomic E-state index is 10.8. The average molecular weight is 183 g/mol. The summed E-state index contributed by atoms with van der Waals surface area (Å²) >= 11 is 0. The second-order valence-electron chi connectivity index (χ2n) is 2.25. The number of Topliss-reactive ketones (excluding diaryl/α,β-unsaturated/α-hetero) is 1. The van der Waals surface area contributed by atoms with Gasteiger partial charge < -0.3 is 0 Å². The van der Waals surface area contributed by atoms with Gasteiger partial charge in [-0.3, -0.25) is 15.5 Å². The van der Waals surface area contributed by atoms with E-state index >= 15 is 0 Å². The molecular weight excluding hydrogens is 166 g/mol. The second-order valence-corrected chi connectivity index (χ2v) is 2.25. The summed E-state index contributed by atoms with van der Waals surface area (Å²) in [5.41, 5.74) is 3.20. The normalized spacial score (nSPS) is 8.31. The first kappa shape index (κ1) is 11.6. The Morgan fingerprint density at radius 2 is 1.77 bits per heavy atom. The summed E-state index contributed by atoms with van der Waals surface area (Å²) < 4.78 is 0. The van der Waals surface area contributed by atoms with Crippen molar-refractivity contribution in [1.29, 1.82) is 0 Å². The topological polar surface area (TPSA) is 49.3 Å². The van der Waals surface area contributed by atoms with E-state index in [1.165, 1.54) is 6.92 Å². The maximum absolute atomic E-state index is 10.8. The predicted molar refractivity (Wildman–Crippen MR) is 55.3 cm³/mol. The van der Waals surface area contributed by atoms with Gasteiger partial charge in [0.2, 0.25) is 0 Å². The highest BCUT2D eigenvalue weighted by molar-refractivity contribution is 5.94. The zero-order valence-electron chi connectivity index (χ0n) is 8.16. The molecule has 3 heteroatoms. The van der Waals surface area contributed by atoms with Crippen LogP contribution in [0, 0.1) is 0 Å². The van der Waals surface area contributed by atoms with Crippen LogP contribution in [0.3, 0.4) is 0 Å². The second kappa shape index (κ2) is 6.20. The maximum Gasteiger partial charge on any atom is 0.159 e. The highest BCUT2D eigenvalue weighted by atomic mass is 16.5. The summed E-state index contributed by atoms with van der Waals surface area (Å²) in [6, 6.07) is 6.58. The van der Waals surface area contributed by atoms with Crippen molar-refractivity contribution in [3.8, 4) is 0 Å². The van der Waals surface area contributed by atoms with Crippen LogP contribution in [0.1, 0.15) is 32.6 Å². The fourth-order valence-corrected chi connectivity index (χ4v) is 0.779. The van der Waals surface area contributed by atoms with Gasteiger partial charge >= 0.3 is 0 Å². The van der Waals surface area contributed by atoms with E-state index in [0.717, 1.165) is 0 Å². The van der Waals surface area contributed by atoms with Crippen molar-refractivity contribution in [2.45, 2.75) is 20.8 Å². The summed E-state index contributed by atoms with van der Waals surface area (Å²) in [6.45, 7) is 5.50. The number of anilines is 1. The summed E-state index contributed by atoms with van der Waals surface area (Å²) in [7, 11) is 0. The lowest BCUT2D eigenvalue weighted by atomic mass is 10.1. The van der Waals surface area contributed by atoms with Crippen LogP contribution in [0.2, 0.25) is 0 Å². The van der Waals surface area contributed by atoms with Crippen LogP contribution in [0.25, 0.3) is 0 Å². The molecule has 74 valence electrons. The molecule has 0 aliphatic carbocycles. The van der Waals surface area contributed by atoms with Crippen molar-refractivity contribution in [3.05, 3.63) is 29.8 Å². The first-order valence-corrected chi connectivity index (χ1v) is 4.25. The highest BCUT2D eigenvalue weighted by Crippen LogP contribution is 2.08. The van der Waals surface area contributed by atoms with E-state index in [1.54, 1.807) is 24.3 Å². The number of nitrogens with one attached hydrogen (secondary N) is 1. The standard InChI is InChI=1S/C8H9NO2.C2H6.H2/c1-6(10)7-2-4-8(9-11)5-3-7;1-2;/h2-5,9,11H,1H3;1-2H3;1H. The average Bonchev–Trinajstić information content (AvgIpc) is 2.21. The molecule has 1 rings (SSSR count). The molecule has 0 aliphatic rings. The van der Waals surface area contributed by atoms with Crippen molar-refractivity contribution in [2.24, 2.45) is 0 Å². The number of carbonyl (C=O) groups excluding carboxylic acids is 1. The summed E-state index contributed by atoms with van der Waals surface area (Å²) in [5.74, 6) is 0.0227. The molecule has 13 heavy (non-hydrogen) atoms. The first-order chi connectivity index (χ1) is 6.24. The van der Waals surface area contributed by atoms with Gasteiger partial charge in [0.25, 0.3) is 0 Å². The van der Waals surface area contributed by atoms with Crippen LogP contribution in [0.5, 0.6) is 0 Å². The lowest BCUT2D eigenvalue weighted by Gasteiger charge is -1.98. The van der Waals surface area contributed by atoms with Crippen LogP contribution in [-0.4, -0.2) is 11.0 Å². The van der Waals surface area contributed by atoms with Gasteiger partial charge in [-0.05, 0) is 31.2 Å². The van der Waals surface area contributed by atoms with Gasteiger partial charge in [0, 0.05) is 6.99 Å². The molecule has 0 aliphatic heterocycles. The van der Waals surface area contributed by atoms with E-state index in [9.17, 15) is 4.79 Å². The Balaban J connectivity index is 0. The van der Waals surface area contributed by atoms with Crippen LogP contribution < -0.4 is 5.48 Å². The van der Waals surface area contributed by atoms with Gasteiger partial charge in [-0.25, -0.2) is 0 Å². The quantitative estimate of drug-likeness (QED) is 0.547. The molecule has 0 saturated heterocycles. The van der Waals surface area contributed by atoms with E-state index in [-0.39, 0.29) is 7.21 Å². The van der Waals surface area contributed by atoms with Crippen LogP contribution in [0.15, 0.2) is 24.3 Å². The zero-order chi connectivity index (χ0) is 10.3. The van der Waals surface area contributed by atoms with Crippen molar-refractivity contribution < 1.29 is 11.4 Å². The Hall–Kier alpha value is -1.35. The number of ketones is 1. The monoisotopic (exact) mass is 183 g/mol. The smallest absolute Gasteiger partial charge is 0.159 e. The molecule has 0 atom stereocenters. The summed E-state index contributed by atoms with van der Waals surface area (Å²) in [6.07, 6.45) is 0. The Labute approximate surface area is 79.8 Å². The van der Waals surface area contributed by atoms with Crippen molar-refractivity contribution in [1.82, 2.24) is 0 Å². The number of rotatable bonds is 2. The van der Waals surface area contributed by atoms with E-state index < -0.39 is 0 Å². The molecule has 1 aromatic carbocycles. The summed E-state index contributed by atoms with van der Waals surface area (Å²) in [5, 5.41) is 8.43. The molecule has 3 nitrogen and oxygen atoms in total. The van der Waals surface area contributed by atoms with Gasteiger partial charge in [0.15, 0.2) is 5.78 Å². The number of carbonyl (C=O) groups is 1. The molecule has 0 spiro atoms. The third-order valence-corrected chi connectivity index (χ3v) is 1.42. The molecule has 0 amide bonds. The molecular formula is C10H17NO2. The fourth-order valence-electron chi connectivity index (χ4n) is 0.779. The summed E-state index contributed by atoms with van der Waals surface area (Å²) in [4.78, 5) is 10.8. The molecule has 0 fully saturated rings. The van der Waals surface area contributed by atoms with Gasteiger partial charge in [0.05, 0.1) is 5.69 Å². The minimum atomic E-state index is 0. The number of hydrogen-bond acceptors (Lipinski definition) is 3. The zero-order valence-corrected chi connectivity index (χ0v) is 8.16. The van der Waals surface area contributed by atoms with E-state index in [1.807, 2.05) is 19.3 Å². The Morgan fingerprint density at radius 3 is 2.08 bits per heavy atom. The molecule has 0 unspecified atom stereocenters. The molecule has 0 heterocycles. The van der Waals surface area contributed by atoms with E-state index in [4.69, 9.17) is 5.21 Å². The van der Waals surface area contributed by atoms with Crippen LogP contribution >= 0.6 is 0 Å². The van der Waals surface area contributed by atoms with Gasteiger partial charge in [0.1, 0.15) is 0 Å². The Kier molecular flexibility index (Phi) is 5.55. The third-order valence-electron chi connectivity index (χ3n) is 1.42. The highest BCUT2D eigenvalue weighted by Gasteiger charge is 1.96. The van der Waals surface area contributed by atoms with E-state index in [0.29, 0.717) is 11.3 Å². The van der Waals surface area contributed by atoms with Crippen molar-refractivity contribution in [2.75, 3.05) is 5.48 Å². The Morgan fingerprint density at radius 1 is 1.31 bits per heavy atom. The number of benzene rings is 1. The van der Waals surface area contributed by atoms with Crippen molar-refractivity contribution in [3.63, 3.8) is 0 Å². The largest absolute Gasteiger partial charge is 0.295 e. The molecule has 0 aromatic heterocycles. The molecule has 0 radical (unpaired) electrons. The first-order valence-electron chi connectivity index (χ1n) is 4.25. The minimum Gasteiger partial charge on any atom is -0.295 e.